The van der Waals surface area contributed by atoms with Crippen LogP contribution in [-0.4, -0.2) is 47.9 Å². The van der Waals surface area contributed by atoms with E-state index >= 15 is 0 Å². The number of halogens is 2. The Kier molecular flexibility index (Phi) is 5.32. The number of carbonyl (C=O) groups excluding carboxylic acids is 2. The van der Waals surface area contributed by atoms with E-state index in [2.05, 4.69) is 0 Å². The van der Waals surface area contributed by atoms with E-state index < -0.39 is 17.6 Å². The van der Waals surface area contributed by atoms with E-state index in [0.717, 1.165) is 11.6 Å². The molecule has 152 valence electrons. The van der Waals surface area contributed by atoms with Crippen LogP contribution in [0.3, 0.4) is 0 Å². The third-order valence-corrected chi connectivity index (χ3v) is 5.69. The van der Waals surface area contributed by atoms with Gasteiger partial charge in [-0.25, -0.2) is 8.78 Å². The highest BCUT2D eigenvalue weighted by Crippen LogP contribution is 2.43. The van der Waals surface area contributed by atoms with Gasteiger partial charge in [-0.1, -0.05) is 30.3 Å². The Hall–Kier alpha value is -2.80. The number of ether oxygens (including phenoxy) is 1. The van der Waals surface area contributed by atoms with Crippen LogP contribution >= 0.6 is 0 Å². The lowest BCUT2D eigenvalue weighted by atomic mass is 9.93. The highest BCUT2D eigenvalue weighted by molar-refractivity contribution is 5.83. The van der Waals surface area contributed by atoms with Crippen molar-refractivity contribution in [2.24, 2.45) is 5.92 Å². The molecule has 7 heteroatoms. The van der Waals surface area contributed by atoms with E-state index in [4.69, 9.17) is 4.74 Å². The Bertz CT molecular complexity index is 901. The molecule has 0 radical (unpaired) electrons. The monoisotopic (exact) mass is 400 g/mol. The third-order valence-electron chi connectivity index (χ3n) is 5.69. The van der Waals surface area contributed by atoms with Crippen molar-refractivity contribution in [1.82, 2.24) is 9.80 Å². The molecule has 2 heterocycles. The van der Waals surface area contributed by atoms with Gasteiger partial charge in [0, 0.05) is 25.2 Å². The van der Waals surface area contributed by atoms with E-state index in [1.165, 1.54) is 19.2 Å². The molecule has 0 unspecified atom stereocenters. The predicted molar refractivity (Wildman–Crippen MR) is 102 cm³/mol. The van der Waals surface area contributed by atoms with Crippen LogP contribution in [0.1, 0.15) is 23.6 Å². The number of carbonyl (C=O) groups is 2. The fourth-order valence-electron chi connectivity index (χ4n) is 4.61. The van der Waals surface area contributed by atoms with Crippen LogP contribution in [-0.2, 0) is 20.9 Å². The van der Waals surface area contributed by atoms with Crippen molar-refractivity contribution in [3.8, 4) is 0 Å². The Morgan fingerprint density at radius 3 is 2.48 bits per heavy atom. The average molecular weight is 400 g/mol. The fourth-order valence-corrected chi connectivity index (χ4v) is 4.61. The normalized spacial score (nSPS) is 24.4. The number of esters is 1. The molecule has 2 aromatic rings. The molecule has 0 spiro atoms. The second-order valence-electron chi connectivity index (χ2n) is 7.62. The summed E-state index contributed by atoms with van der Waals surface area (Å²) in [6, 6.07) is 12.3. The summed E-state index contributed by atoms with van der Waals surface area (Å²) in [5.74, 6) is -2.15. The van der Waals surface area contributed by atoms with Gasteiger partial charge in [-0.2, -0.15) is 0 Å². The first-order valence-corrected chi connectivity index (χ1v) is 9.57. The number of nitrogens with zero attached hydrogens (tertiary/aromatic N) is 2. The van der Waals surface area contributed by atoms with Gasteiger partial charge in [0.05, 0.1) is 25.6 Å². The number of benzene rings is 2. The van der Waals surface area contributed by atoms with Gasteiger partial charge in [0.1, 0.15) is 11.6 Å². The Morgan fingerprint density at radius 1 is 1.14 bits per heavy atom. The van der Waals surface area contributed by atoms with Crippen molar-refractivity contribution in [2.45, 2.75) is 25.0 Å². The number of fused-ring (bicyclic) bond motifs is 1. The van der Waals surface area contributed by atoms with Gasteiger partial charge >= 0.3 is 5.97 Å². The zero-order valence-electron chi connectivity index (χ0n) is 16.1. The highest BCUT2D eigenvalue weighted by Gasteiger charge is 2.50. The largest absolute Gasteiger partial charge is 0.469 e. The van der Waals surface area contributed by atoms with E-state index in [0.29, 0.717) is 18.5 Å². The van der Waals surface area contributed by atoms with Crippen molar-refractivity contribution in [2.75, 3.05) is 20.2 Å². The number of rotatable bonds is 4. The highest BCUT2D eigenvalue weighted by atomic mass is 19.1. The van der Waals surface area contributed by atoms with Crippen LogP contribution in [0.5, 0.6) is 0 Å². The predicted octanol–water partition coefficient (Wildman–Crippen LogP) is 2.91. The molecule has 0 aromatic heterocycles. The molecular formula is C22H22F2N2O3. The molecule has 3 atom stereocenters. The summed E-state index contributed by atoms with van der Waals surface area (Å²) in [6.45, 7) is 0.927. The molecule has 2 saturated heterocycles. The second kappa shape index (κ2) is 7.91. The molecule has 4 rings (SSSR count). The van der Waals surface area contributed by atoms with Gasteiger partial charge in [-0.05, 0) is 29.7 Å². The zero-order valence-corrected chi connectivity index (χ0v) is 16.1. The van der Waals surface area contributed by atoms with E-state index in [-0.39, 0.29) is 37.0 Å². The smallest absolute Gasteiger partial charge is 0.311 e. The maximum atomic E-state index is 13.5. The zero-order chi connectivity index (χ0) is 20.5. The van der Waals surface area contributed by atoms with Gasteiger partial charge < -0.3 is 9.64 Å². The van der Waals surface area contributed by atoms with Crippen molar-refractivity contribution < 1.29 is 23.1 Å². The first-order chi connectivity index (χ1) is 14.0. The van der Waals surface area contributed by atoms with Crippen molar-refractivity contribution in [3.63, 3.8) is 0 Å². The summed E-state index contributed by atoms with van der Waals surface area (Å²) in [7, 11) is 1.36. The molecular weight excluding hydrogens is 378 g/mol. The molecule has 0 aliphatic carbocycles. The lowest BCUT2D eigenvalue weighted by Gasteiger charge is -2.40. The van der Waals surface area contributed by atoms with Crippen molar-refractivity contribution in [1.29, 1.82) is 0 Å². The van der Waals surface area contributed by atoms with Crippen LogP contribution in [0.4, 0.5) is 8.78 Å². The number of methoxy groups -OCH3 is 1. The molecule has 29 heavy (non-hydrogen) atoms. The summed E-state index contributed by atoms with van der Waals surface area (Å²) in [4.78, 5) is 29.1. The van der Waals surface area contributed by atoms with Crippen LogP contribution in [0.2, 0.25) is 0 Å². The Balaban J connectivity index is 1.58. The molecule has 5 nitrogen and oxygen atoms in total. The van der Waals surface area contributed by atoms with E-state index in [1.54, 1.807) is 4.90 Å². The summed E-state index contributed by atoms with van der Waals surface area (Å²) in [6.07, 6.45) is 0.492. The molecule has 1 amide bonds. The summed E-state index contributed by atoms with van der Waals surface area (Å²) >= 11 is 0. The van der Waals surface area contributed by atoms with Gasteiger partial charge in [0.2, 0.25) is 5.91 Å². The van der Waals surface area contributed by atoms with Crippen molar-refractivity contribution in [3.05, 3.63) is 71.3 Å². The number of hydrogen-bond acceptors (Lipinski definition) is 4. The minimum Gasteiger partial charge on any atom is -0.469 e. The lowest BCUT2D eigenvalue weighted by Crippen LogP contribution is -2.53. The third kappa shape index (κ3) is 3.87. The molecule has 2 aromatic carbocycles. The summed E-state index contributed by atoms with van der Waals surface area (Å²) < 4.78 is 32.0. The summed E-state index contributed by atoms with van der Waals surface area (Å²) in [5.41, 5.74) is 1.38. The minimum absolute atomic E-state index is 0.0987. The topological polar surface area (TPSA) is 49.9 Å². The molecule has 2 aliphatic heterocycles. The molecule has 0 N–H and O–H groups in total. The summed E-state index contributed by atoms with van der Waals surface area (Å²) in [5, 5.41) is 0. The quantitative estimate of drug-likeness (QED) is 0.741. The molecule has 2 fully saturated rings. The first-order valence-electron chi connectivity index (χ1n) is 9.57. The number of piperazine rings is 1. The maximum Gasteiger partial charge on any atom is 0.311 e. The standard InChI is InChI=1S/C22H22F2N2O3/c1-29-22(28)19-10-18-12-25(11-14-7-16(23)9-17(24)8-14)13-20(27)26(18)21(19)15-5-3-2-4-6-15/h2-9,18-19,21H,10-13H2,1H3/t18-,19-,21-/m0/s1. The molecule has 2 aliphatic rings. The van der Waals surface area contributed by atoms with E-state index in [1.807, 2.05) is 35.2 Å². The fraction of sp³-hybridized carbons (Fsp3) is 0.364. The Morgan fingerprint density at radius 2 is 1.83 bits per heavy atom. The van der Waals surface area contributed by atoms with Gasteiger partial charge in [0.25, 0.3) is 0 Å². The average Bonchev–Trinajstić information content (AvgIpc) is 3.07. The van der Waals surface area contributed by atoms with Gasteiger partial charge in [0.15, 0.2) is 0 Å². The van der Waals surface area contributed by atoms with Crippen LogP contribution in [0.15, 0.2) is 48.5 Å². The first kappa shape index (κ1) is 19.5. The maximum absolute atomic E-state index is 13.5. The van der Waals surface area contributed by atoms with Crippen LogP contribution in [0, 0.1) is 17.6 Å². The SMILES string of the molecule is COC(=O)[C@H]1C[C@H]2CN(Cc3cc(F)cc(F)c3)CC(=O)N2[C@H]1c1ccccc1. The van der Waals surface area contributed by atoms with Crippen LogP contribution < -0.4 is 0 Å². The second-order valence-corrected chi connectivity index (χ2v) is 7.62. The number of amides is 1. The van der Waals surface area contributed by atoms with Gasteiger partial charge in [-0.15, -0.1) is 0 Å². The molecule has 0 saturated carbocycles. The van der Waals surface area contributed by atoms with Gasteiger partial charge in [-0.3, -0.25) is 14.5 Å². The van der Waals surface area contributed by atoms with Crippen LogP contribution in [0.25, 0.3) is 0 Å². The minimum atomic E-state index is -0.638. The number of hydrogen-bond donors (Lipinski definition) is 0. The van der Waals surface area contributed by atoms with Crippen molar-refractivity contribution >= 4 is 11.9 Å². The Labute approximate surface area is 167 Å². The van der Waals surface area contributed by atoms with E-state index in [9.17, 15) is 18.4 Å². The molecule has 0 bridgehead atoms. The lowest BCUT2D eigenvalue weighted by molar-refractivity contribution is -0.147.